The lowest BCUT2D eigenvalue weighted by Crippen LogP contribution is -2.53. The number of benzene rings is 1. The highest BCUT2D eigenvalue weighted by Crippen LogP contribution is 2.32. The summed E-state index contributed by atoms with van der Waals surface area (Å²) in [5.74, 6) is 0.322. The fourth-order valence-electron chi connectivity index (χ4n) is 2.43. The van der Waals surface area contributed by atoms with Gasteiger partial charge in [0.2, 0.25) is 0 Å². The quantitative estimate of drug-likeness (QED) is 0.807. The highest BCUT2D eigenvalue weighted by molar-refractivity contribution is 5.71. The van der Waals surface area contributed by atoms with Gasteiger partial charge in [0.15, 0.2) is 12.4 Å². The molecule has 0 aromatic heterocycles. The van der Waals surface area contributed by atoms with E-state index in [1.165, 1.54) is 0 Å². The molecule has 20 heavy (non-hydrogen) atoms. The van der Waals surface area contributed by atoms with E-state index in [-0.39, 0.29) is 13.0 Å². The van der Waals surface area contributed by atoms with Crippen molar-refractivity contribution in [2.45, 2.75) is 31.0 Å². The van der Waals surface area contributed by atoms with Crippen LogP contribution in [0.5, 0.6) is 5.75 Å². The number of rotatable bonds is 2. The monoisotopic (exact) mass is 280 g/mol. The average Bonchev–Trinajstić information content (AvgIpc) is 2.47. The molecule has 2 heterocycles. The van der Waals surface area contributed by atoms with Crippen molar-refractivity contribution in [3.8, 4) is 5.75 Å². The summed E-state index contributed by atoms with van der Waals surface area (Å²) in [6.07, 6.45) is -2.56. The van der Waals surface area contributed by atoms with Crippen molar-refractivity contribution in [1.29, 1.82) is 0 Å². The van der Waals surface area contributed by atoms with E-state index in [2.05, 4.69) is 0 Å². The number of hydrogen-bond donors (Lipinski definition) is 1. The van der Waals surface area contributed by atoms with Gasteiger partial charge in [-0.1, -0.05) is 12.1 Å². The Morgan fingerprint density at radius 1 is 1.30 bits per heavy atom. The van der Waals surface area contributed by atoms with Gasteiger partial charge in [0.1, 0.15) is 11.9 Å². The summed E-state index contributed by atoms with van der Waals surface area (Å²) >= 11 is 0. The van der Waals surface area contributed by atoms with Gasteiger partial charge in [-0.2, -0.15) is 0 Å². The van der Waals surface area contributed by atoms with Crippen LogP contribution >= 0.6 is 0 Å². The second-order valence-electron chi connectivity index (χ2n) is 4.84. The van der Waals surface area contributed by atoms with Crippen LogP contribution in [0.25, 0.3) is 0 Å². The van der Waals surface area contributed by atoms with Crippen molar-refractivity contribution in [2.24, 2.45) is 0 Å². The zero-order chi connectivity index (χ0) is 14.1. The molecule has 0 amide bonds. The van der Waals surface area contributed by atoms with Gasteiger partial charge in [-0.3, -0.25) is 4.79 Å². The number of aliphatic hydroxyl groups is 1. The fourth-order valence-corrected chi connectivity index (χ4v) is 2.43. The maximum Gasteiger partial charge on any atom is 0.308 e. The van der Waals surface area contributed by atoms with Gasteiger partial charge in [0.25, 0.3) is 0 Å². The van der Waals surface area contributed by atoms with Crippen molar-refractivity contribution in [3.05, 3.63) is 29.8 Å². The van der Waals surface area contributed by atoms with Gasteiger partial charge in [0.05, 0.1) is 26.2 Å². The SMILES string of the molecule is COc1ccc([C@@H]2OC[C@H]3OC(=O)C[C@@H](O)[C@@H]3O2)cc1. The van der Waals surface area contributed by atoms with Crippen LogP contribution in [0.2, 0.25) is 0 Å². The molecule has 1 N–H and O–H groups in total. The van der Waals surface area contributed by atoms with E-state index in [0.717, 1.165) is 11.3 Å². The molecule has 6 heteroatoms. The standard InChI is InChI=1S/C14H16O6/c1-17-9-4-2-8(3-5-9)14-18-7-11-13(20-14)10(15)6-12(16)19-11/h2-5,10-11,13-15H,6-7H2,1H3/t10-,11-,13+,14-/m1/s1. The topological polar surface area (TPSA) is 74.2 Å². The lowest BCUT2D eigenvalue weighted by atomic mass is 10.0. The fraction of sp³-hybridized carbons (Fsp3) is 0.500. The normalized spacial score (nSPS) is 33.2. The molecule has 0 saturated carbocycles. The molecule has 6 nitrogen and oxygen atoms in total. The van der Waals surface area contributed by atoms with E-state index >= 15 is 0 Å². The maximum atomic E-state index is 11.2. The molecule has 1 aromatic carbocycles. The van der Waals surface area contributed by atoms with E-state index in [1.807, 2.05) is 24.3 Å². The van der Waals surface area contributed by atoms with Crippen LogP contribution < -0.4 is 4.74 Å². The number of carbonyl (C=O) groups excluding carboxylic acids is 1. The second-order valence-corrected chi connectivity index (χ2v) is 4.84. The molecule has 1 aromatic rings. The average molecular weight is 280 g/mol. The minimum atomic E-state index is -0.856. The van der Waals surface area contributed by atoms with Crippen LogP contribution in [0.3, 0.4) is 0 Å². The Morgan fingerprint density at radius 2 is 2.05 bits per heavy atom. The van der Waals surface area contributed by atoms with Crippen molar-refractivity contribution < 1.29 is 28.8 Å². The van der Waals surface area contributed by atoms with Gasteiger partial charge in [-0.15, -0.1) is 0 Å². The number of hydrogen-bond acceptors (Lipinski definition) is 6. The minimum Gasteiger partial charge on any atom is -0.497 e. The van der Waals surface area contributed by atoms with Crippen LogP contribution in [-0.2, 0) is 19.0 Å². The first kappa shape index (κ1) is 13.4. The molecule has 0 unspecified atom stereocenters. The molecule has 4 atom stereocenters. The second kappa shape index (κ2) is 5.40. The maximum absolute atomic E-state index is 11.2. The molecule has 0 radical (unpaired) electrons. The van der Waals surface area contributed by atoms with E-state index in [4.69, 9.17) is 18.9 Å². The van der Waals surface area contributed by atoms with Gasteiger partial charge in [0, 0.05) is 5.56 Å². The Bertz CT molecular complexity index is 485. The first-order chi connectivity index (χ1) is 9.67. The predicted molar refractivity (Wildman–Crippen MR) is 67.1 cm³/mol. The summed E-state index contributed by atoms with van der Waals surface area (Å²) in [6.45, 7) is 0.212. The zero-order valence-corrected chi connectivity index (χ0v) is 11.0. The summed E-state index contributed by atoms with van der Waals surface area (Å²) in [4.78, 5) is 11.2. The number of methoxy groups -OCH3 is 1. The van der Waals surface area contributed by atoms with Crippen LogP contribution in [0.1, 0.15) is 18.3 Å². The zero-order valence-electron chi connectivity index (χ0n) is 11.0. The summed E-state index contributed by atoms with van der Waals surface area (Å²) in [7, 11) is 1.60. The number of aliphatic hydroxyl groups excluding tert-OH is 1. The van der Waals surface area contributed by atoms with Crippen LogP contribution in [0, 0.1) is 0 Å². The first-order valence-corrected chi connectivity index (χ1v) is 6.46. The van der Waals surface area contributed by atoms with Crippen LogP contribution in [0.15, 0.2) is 24.3 Å². The van der Waals surface area contributed by atoms with Crippen molar-refractivity contribution >= 4 is 5.97 Å². The van der Waals surface area contributed by atoms with Crippen molar-refractivity contribution in [1.82, 2.24) is 0 Å². The van der Waals surface area contributed by atoms with Crippen LogP contribution in [-0.4, -0.2) is 43.1 Å². The van der Waals surface area contributed by atoms with E-state index < -0.39 is 30.6 Å². The Kier molecular flexibility index (Phi) is 3.60. The van der Waals surface area contributed by atoms with Crippen molar-refractivity contribution in [2.75, 3.05) is 13.7 Å². The molecule has 0 bridgehead atoms. The number of esters is 1. The smallest absolute Gasteiger partial charge is 0.308 e. The highest BCUT2D eigenvalue weighted by atomic mass is 16.7. The number of fused-ring (bicyclic) bond motifs is 1. The van der Waals surface area contributed by atoms with Gasteiger partial charge in [-0.25, -0.2) is 0 Å². The van der Waals surface area contributed by atoms with Gasteiger partial charge < -0.3 is 24.1 Å². The molecule has 108 valence electrons. The number of carbonyl (C=O) groups is 1. The van der Waals surface area contributed by atoms with E-state index in [0.29, 0.717) is 0 Å². The first-order valence-electron chi connectivity index (χ1n) is 6.46. The third kappa shape index (κ3) is 2.49. The predicted octanol–water partition coefficient (Wildman–Crippen LogP) is 0.786. The molecule has 2 fully saturated rings. The van der Waals surface area contributed by atoms with Crippen LogP contribution in [0.4, 0.5) is 0 Å². The molecule has 0 spiro atoms. The Morgan fingerprint density at radius 3 is 2.75 bits per heavy atom. The summed E-state index contributed by atoms with van der Waals surface area (Å²) in [5.41, 5.74) is 0.827. The lowest BCUT2D eigenvalue weighted by molar-refractivity contribution is -0.290. The molecular weight excluding hydrogens is 264 g/mol. The Balaban J connectivity index is 1.72. The van der Waals surface area contributed by atoms with Crippen molar-refractivity contribution in [3.63, 3.8) is 0 Å². The Labute approximate surface area is 116 Å². The molecule has 3 rings (SSSR count). The van der Waals surface area contributed by atoms with Gasteiger partial charge >= 0.3 is 5.97 Å². The molecule has 2 saturated heterocycles. The largest absolute Gasteiger partial charge is 0.497 e. The number of ether oxygens (including phenoxy) is 4. The van der Waals surface area contributed by atoms with Gasteiger partial charge in [-0.05, 0) is 12.1 Å². The van der Waals surface area contributed by atoms with E-state index in [9.17, 15) is 9.90 Å². The molecule has 2 aliphatic rings. The third-order valence-electron chi connectivity index (χ3n) is 3.48. The summed E-state index contributed by atoms with van der Waals surface area (Å²) in [6, 6.07) is 7.30. The third-order valence-corrected chi connectivity index (χ3v) is 3.48. The summed E-state index contributed by atoms with van der Waals surface area (Å²) in [5, 5.41) is 9.92. The summed E-state index contributed by atoms with van der Waals surface area (Å²) < 4.78 is 21.5. The van der Waals surface area contributed by atoms with E-state index in [1.54, 1.807) is 7.11 Å². The Hall–Kier alpha value is -1.63. The molecule has 2 aliphatic heterocycles. The minimum absolute atomic E-state index is 0.0451. The molecular formula is C14H16O6. The lowest BCUT2D eigenvalue weighted by Gasteiger charge is -2.40. The highest BCUT2D eigenvalue weighted by Gasteiger charge is 2.43. The molecule has 0 aliphatic carbocycles.